The Morgan fingerprint density at radius 1 is 0.966 bits per heavy atom. The van der Waals surface area contributed by atoms with Gasteiger partial charge >= 0.3 is 6.18 Å². The summed E-state index contributed by atoms with van der Waals surface area (Å²) in [7, 11) is 0. The third kappa shape index (κ3) is 7.17. The maximum atomic E-state index is 12.4. The number of benzene rings is 2. The Labute approximate surface area is 164 Å². The summed E-state index contributed by atoms with van der Waals surface area (Å²) in [6.07, 6.45) is -4.49. The second kappa shape index (κ2) is 9.58. The van der Waals surface area contributed by atoms with Gasteiger partial charge < -0.3 is 21.1 Å². The van der Waals surface area contributed by atoms with Gasteiger partial charge in [-0.1, -0.05) is 12.1 Å². The molecule has 0 aromatic heterocycles. The number of alkyl halides is 3. The molecule has 10 heteroatoms. The Morgan fingerprint density at radius 3 is 2.24 bits per heavy atom. The average molecular weight is 409 g/mol. The predicted octanol–water partition coefficient (Wildman–Crippen LogP) is 2.49. The molecule has 0 heterocycles. The maximum Gasteiger partial charge on any atom is 0.422 e. The highest BCUT2D eigenvalue weighted by Gasteiger charge is 2.28. The highest BCUT2D eigenvalue weighted by molar-refractivity contribution is 6.09. The molecule has 29 heavy (non-hydrogen) atoms. The molecule has 7 nitrogen and oxygen atoms in total. The fourth-order valence-electron chi connectivity index (χ4n) is 2.25. The number of halogens is 3. The zero-order valence-electron chi connectivity index (χ0n) is 15.1. The molecule has 2 aromatic rings. The van der Waals surface area contributed by atoms with Crippen molar-refractivity contribution in [3.63, 3.8) is 0 Å². The van der Waals surface area contributed by atoms with Crippen molar-refractivity contribution in [3.8, 4) is 5.75 Å². The van der Waals surface area contributed by atoms with Crippen molar-refractivity contribution >= 4 is 23.4 Å². The van der Waals surface area contributed by atoms with E-state index in [-0.39, 0.29) is 35.5 Å². The molecular formula is C19H18F3N3O4. The lowest BCUT2D eigenvalue weighted by Crippen LogP contribution is -2.28. The number of carbonyl (C=O) groups excluding carboxylic acids is 3. The van der Waals surface area contributed by atoms with E-state index in [4.69, 9.17) is 5.73 Å². The molecule has 154 valence electrons. The van der Waals surface area contributed by atoms with E-state index in [1.54, 1.807) is 12.1 Å². The number of carbonyl (C=O) groups is 3. The zero-order chi connectivity index (χ0) is 21.4. The van der Waals surface area contributed by atoms with Crippen LogP contribution in [0.1, 0.15) is 27.1 Å². The van der Waals surface area contributed by atoms with Crippen molar-refractivity contribution < 1.29 is 32.3 Å². The number of nitrogens with two attached hydrogens (primary N) is 1. The summed E-state index contributed by atoms with van der Waals surface area (Å²) in [4.78, 5) is 35.4. The van der Waals surface area contributed by atoms with Crippen LogP contribution in [0.15, 0.2) is 48.5 Å². The van der Waals surface area contributed by atoms with Crippen molar-refractivity contribution in [2.24, 2.45) is 5.73 Å². The maximum absolute atomic E-state index is 12.4. The third-order valence-electron chi connectivity index (χ3n) is 3.60. The van der Waals surface area contributed by atoms with E-state index >= 15 is 0 Å². The zero-order valence-corrected chi connectivity index (χ0v) is 15.1. The molecule has 0 atom stereocenters. The van der Waals surface area contributed by atoms with Crippen LogP contribution in [0.3, 0.4) is 0 Å². The quantitative estimate of drug-likeness (QED) is 0.622. The Bertz CT molecular complexity index is 883. The largest absolute Gasteiger partial charge is 0.484 e. The molecular weight excluding hydrogens is 391 g/mol. The molecule has 0 saturated carbocycles. The predicted molar refractivity (Wildman–Crippen MR) is 98.5 cm³/mol. The van der Waals surface area contributed by atoms with Gasteiger partial charge in [-0.3, -0.25) is 14.4 Å². The molecule has 0 aliphatic heterocycles. The fraction of sp³-hybridized carbons (Fsp3) is 0.211. The number of hydrogen-bond acceptors (Lipinski definition) is 4. The Morgan fingerprint density at radius 2 is 1.62 bits per heavy atom. The van der Waals surface area contributed by atoms with E-state index in [9.17, 15) is 27.6 Å². The number of para-hydroxylation sites is 1. The standard InChI is InChI=1S/C19H18F3N3O4/c20-19(21,22)11-29-13-7-5-12(6-8-13)17(27)25-15-4-2-1-3-14(15)18(28)24-10-9-16(23)26/h1-8H,9-11H2,(H2,23,26)(H,24,28)(H,25,27). The van der Waals surface area contributed by atoms with Crippen molar-refractivity contribution in [1.82, 2.24) is 5.32 Å². The van der Waals surface area contributed by atoms with Crippen molar-refractivity contribution in [3.05, 3.63) is 59.7 Å². The van der Waals surface area contributed by atoms with Crippen molar-refractivity contribution in [1.29, 1.82) is 0 Å². The van der Waals surface area contributed by atoms with Crippen LogP contribution in [-0.2, 0) is 4.79 Å². The summed E-state index contributed by atoms with van der Waals surface area (Å²) in [5.74, 6) is -1.66. The summed E-state index contributed by atoms with van der Waals surface area (Å²) < 4.78 is 41.1. The van der Waals surface area contributed by atoms with Gasteiger partial charge in [0, 0.05) is 18.5 Å². The van der Waals surface area contributed by atoms with Gasteiger partial charge in [-0.2, -0.15) is 13.2 Å². The first-order chi connectivity index (χ1) is 13.7. The fourth-order valence-corrected chi connectivity index (χ4v) is 2.25. The minimum Gasteiger partial charge on any atom is -0.484 e. The van der Waals surface area contributed by atoms with Gasteiger partial charge in [-0.25, -0.2) is 0 Å². The normalized spacial score (nSPS) is 10.9. The Balaban J connectivity index is 2.03. The smallest absolute Gasteiger partial charge is 0.422 e. The SMILES string of the molecule is NC(=O)CCNC(=O)c1ccccc1NC(=O)c1ccc(OCC(F)(F)F)cc1. The van der Waals surface area contributed by atoms with Crippen LogP contribution in [0, 0.1) is 0 Å². The number of rotatable bonds is 8. The topological polar surface area (TPSA) is 111 Å². The van der Waals surface area contributed by atoms with Crippen LogP contribution in [-0.4, -0.2) is 37.0 Å². The first-order valence-electron chi connectivity index (χ1n) is 8.42. The monoisotopic (exact) mass is 409 g/mol. The third-order valence-corrected chi connectivity index (χ3v) is 3.60. The summed E-state index contributed by atoms with van der Waals surface area (Å²) in [5, 5.41) is 5.09. The molecule has 0 spiro atoms. The summed E-state index contributed by atoms with van der Waals surface area (Å²) in [5.41, 5.74) is 5.58. The molecule has 0 saturated heterocycles. The Kier molecular flexibility index (Phi) is 7.18. The minimum atomic E-state index is -4.46. The van der Waals surface area contributed by atoms with Crippen LogP contribution in [0.25, 0.3) is 0 Å². The highest BCUT2D eigenvalue weighted by atomic mass is 19.4. The summed E-state index contributed by atoms with van der Waals surface area (Å²) in [6, 6.07) is 11.3. The lowest BCUT2D eigenvalue weighted by Gasteiger charge is -2.12. The average Bonchev–Trinajstić information content (AvgIpc) is 2.66. The minimum absolute atomic E-state index is 0.0248. The van der Waals surface area contributed by atoms with Crippen LogP contribution in [0.5, 0.6) is 5.75 Å². The number of ether oxygens (including phenoxy) is 1. The molecule has 0 aliphatic rings. The van der Waals surface area contributed by atoms with Crippen LogP contribution in [0.4, 0.5) is 18.9 Å². The lowest BCUT2D eigenvalue weighted by atomic mass is 10.1. The van der Waals surface area contributed by atoms with Crippen LogP contribution < -0.4 is 21.1 Å². The molecule has 2 aromatic carbocycles. The lowest BCUT2D eigenvalue weighted by molar-refractivity contribution is -0.153. The van der Waals surface area contributed by atoms with Crippen molar-refractivity contribution in [2.45, 2.75) is 12.6 Å². The number of amides is 3. The van der Waals surface area contributed by atoms with Crippen LogP contribution >= 0.6 is 0 Å². The second-order valence-corrected chi connectivity index (χ2v) is 5.90. The molecule has 0 fully saturated rings. The van der Waals surface area contributed by atoms with E-state index in [2.05, 4.69) is 15.4 Å². The van der Waals surface area contributed by atoms with Crippen LogP contribution in [0.2, 0.25) is 0 Å². The number of hydrogen-bond donors (Lipinski definition) is 3. The van der Waals surface area contributed by atoms with E-state index in [1.165, 1.54) is 36.4 Å². The molecule has 2 rings (SSSR count). The van der Waals surface area contributed by atoms with Gasteiger partial charge in [0.1, 0.15) is 5.75 Å². The van der Waals surface area contributed by atoms with Gasteiger partial charge in [-0.15, -0.1) is 0 Å². The molecule has 0 bridgehead atoms. The number of nitrogens with one attached hydrogen (secondary N) is 2. The van der Waals surface area contributed by atoms with Gasteiger partial charge in [0.25, 0.3) is 11.8 Å². The van der Waals surface area contributed by atoms with Gasteiger partial charge in [0.2, 0.25) is 5.91 Å². The molecule has 0 aliphatic carbocycles. The molecule has 0 unspecified atom stereocenters. The van der Waals surface area contributed by atoms with E-state index in [0.717, 1.165) is 0 Å². The van der Waals surface area contributed by atoms with Gasteiger partial charge in [0.05, 0.1) is 11.3 Å². The first kappa shape index (κ1) is 21.7. The number of anilines is 1. The van der Waals surface area contributed by atoms with E-state index in [0.29, 0.717) is 0 Å². The van der Waals surface area contributed by atoms with E-state index < -0.39 is 30.5 Å². The highest BCUT2D eigenvalue weighted by Crippen LogP contribution is 2.20. The van der Waals surface area contributed by atoms with Gasteiger partial charge in [-0.05, 0) is 36.4 Å². The first-order valence-corrected chi connectivity index (χ1v) is 8.42. The molecule has 0 radical (unpaired) electrons. The Hall–Kier alpha value is -3.56. The summed E-state index contributed by atoms with van der Waals surface area (Å²) >= 11 is 0. The summed E-state index contributed by atoms with van der Waals surface area (Å²) in [6.45, 7) is -1.38. The van der Waals surface area contributed by atoms with E-state index in [1.807, 2.05) is 0 Å². The molecule has 3 amide bonds. The van der Waals surface area contributed by atoms with Crippen molar-refractivity contribution in [2.75, 3.05) is 18.5 Å². The second-order valence-electron chi connectivity index (χ2n) is 5.90. The molecule has 4 N–H and O–H groups in total. The number of primary amides is 1. The van der Waals surface area contributed by atoms with Gasteiger partial charge in [0.15, 0.2) is 6.61 Å².